The van der Waals surface area contributed by atoms with Gasteiger partial charge in [0.2, 0.25) is 0 Å². The number of aromatic nitrogens is 2. The number of hydrogen-bond donors (Lipinski definition) is 2. The molecular formula is C34H45FN6O2. The molecule has 2 aromatic carbocycles. The van der Waals surface area contributed by atoms with Crippen molar-refractivity contribution in [1.29, 1.82) is 0 Å². The van der Waals surface area contributed by atoms with E-state index in [1.54, 1.807) is 23.0 Å². The summed E-state index contributed by atoms with van der Waals surface area (Å²) in [5, 5.41) is 7.81. The normalized spacial score (nSPS) is 28.4. The molecule has 3 saturated carbocycles. The number of nitrogens with one attached hydrogen (secondary N) is 2. The first-order chi connectivity index (χ1) is 20.5. The highest BCUT2D eigenvalue weighted by Gasteiger charge is 2.56. The standard InChI is InChI=1S/C34H45FN6O2/c1-20-17-41(18-21(2)37-20)33(39-30-14-24-13-28(22(30)3)34(24,4)5)38-25-8-10-27-31(15-25)36-19-40(32(27)42)12-11-23-7-9-26(43-6)16-29(23)35/h7-10,15-16,19-22,24,28,30,37H,11-14,17-18H2,1-6H3,(H,38,39)/t20-,21+,22-,24-,28+,30-/m1/s1. The van der Waals surface area contributed by atoms with Gasteiger partial charge in [-0.1, -0.05) is 26.8 Å². The van der Waals surface area contributed by atoms with Crippen molar-refractivity contribution in [1.82, 2.24) is 19.8 Å². The number of piperazine rings is 1. The van der Waals surface area contributed by atoms with Crippen molar-refractivity contribution in [2.75, 3.05) is 25.5 Å². The molecule has 6 atom stereocenters. The van der Waals surface area contributed by atoms with Crippen LogP contribution in [0.15, 0.2) is 52.5 Å². The molecule has 0 unspecified atom stereocenters. The molecule has 9 heteroatoms. The van der Waals surface area contributed by atoms with Crippen LogP contribution in [0.3, 0.4) is 0 Å². The Morgan fingerprint density at radius 1 is 1.14 bits per heavy atom. The van der Waals surface area contributed by atoms with Crippen molar-refractivity contribution in [3.63, 3.8) is 0 Å². The van der Waals surface area contributed by atoms with Gasteiger partial charge < -0.3 is 20.3 Å². The minimum absolute atomic E-state index is 0.137. The number of ether oxygens (including phenoxy) is 1. The molecule has 1 aliphatic heterocycles. The van der Waals surface area contributed by atoms with E-state index in [4.69, 9.17) is 9.73 Å². The molecule has 2 bridgehead atoms. The lowest BCUT2D eigenvalue weighted by Crippen LogP contribution is -2.59. The van der Waals surface area contributed by atoms with E-state index in [2.05, 4.69) is 55.1 Å². The van der Waals surface area contributed by atoms with Gasteiger partial charge in [0.15, 0.2) is 5.96 Å². The van der Waals surface area contributed by atoms with Crippen LogP contribution in [0.5, 0.6) is 5.75 Å². The van der Waals surface area contributed by atoms with Gasteiger partial charge in [0.25, 0.3) is 5.56 Å². The van der Waals surface area contributed by atoms with E-state index in [9.17, 15) is 9.18 Å². The lowest BCUT2D eigenvalue weighted by atomic mass is 9.45. The molecule has 230 valence electrons. The molecule has 1 aromatic heterocycles. The Kier molecular flexibility index (Phi) is 7.96. The van der Waals surface area contributed by atoms with Crippen LogP contribution < -0.4 is 20.9 Å². The molecule has 4 aliphatic rings. The van der Waals surface area contributed by atoms with Crippen LogP contribution >= 0.6 is 0 Å². The molecule has 3 aromatic rings. The number of guanidine groups is 1. The topological polar surface area (TPSA) is 83.8 Å². The third-order valence-electron chi connectivity index (χ3n) is 10.4. The van der Waals surface area contributed by atoms with Crippen LogP contribution in [0.4, 0.5) is 10.1 Å². The van der Waals surface area contributed by atoms with Crippen LogP contribution in [0.1, 0.15) is 53.0 Å². The maximum Gasteiger partial charge on any atom is 0.261 e. The summed E-state index contributed by atoms with van der Waals surface area (Å²) in [6, 6.07) is 11.5. The molecule has 3 aliphatic carbocycles. The Morgan fingerprint density at radius 2 is 1.91 bits per heavy atom. The van der Waals surface area contributed by atoms with Gasteiger partial charge in [0, 0.05) is 43.5 Å². The van der Waals surface area contributed by atoms with E-state index in [0.29, 0.717) is 64.6 Å². The quantitative estimate of drug-likeness (QED) is 0.300. The molecular weight excluding hydrogens is 543 g/mol. The predicted molar refractivity (Wildman–Crippen MR) is 170 cm³/mol. The summed E-state index contributed by atoms with van der Waals surface area (Å²) in [6.45, 7) is 13.7. The fourth-order valence-electron chi connectivity index (χ4n) is 7.77. The maximum atomic E-state index is 14.4. The molecule has 7 rings (SSSR count). The summed E-state index contributed by atoms with van der Waals surface area (Å²) in [6.07, 6.45) is 4.39. The molecule has 0 amide bonds. The first-order valence-electron chi connectivity index (χ1n) is 15.7. The number of hydrogen-bond acceptors (Lipinski definition) is 5. The van der Waals surface area contributed by atoms with E-state index in [-0.39, 0.29) is 11.4 Å². The second kappa shape index (κ2) is 11.6. The summed E-state index contributed by atoms with van der Waals surface area (Å²) < 4.78 is 21.1. The summed E-state index contributed by atoms with van der Waals surface area (Å²) in [7, 11) is 1.51. The fraction of sp³-hybridized carbons (Fsp3) is 0.559. The zero-order valence-corrected chi connectivity index (χ0v) is 26.2. The highest BCUT2D eigenvalue weighted by atomic mass is 19.1. The maximum absolute atomic E-state index is 14.4. The van der Waals surface area contributed by atoms with Crippen molar-refractivity contribution < 1.29 is 9.13 Å². The number of methoxy groups -OCH3 is 1. The van der Waals surface area contributed by atoms with E-state index in [0.717, 1.165) is 43.0 Å². The van der Waals surface area contributed by atoms with Gasteiger partial charge in [0.05, 0.1) is 30.4 Å². The van der Waals surface area contributed by atoms with Gasteiger partial charge in [-0.15, -0.1) is 0 Å². The monoisotopic (exact) mass is 588 g/mol. The third kappa shape index (κ3) is 5.76. The van der Waals surface area contributed by atoms with Gasteiger partial charge in [-0.2, -0.15) is 0 Å². The lowest BCUT2D eigenvalue weighted by molar-refractivity contribution is -0.108. The molecule has 2 N–H and O–H groups in total. The van der Waals surface area contributed by atoms with Crippen LogP contribution in [0.25, 0.3) is 10.9 Å². The zero-order valence-electron chi connectivity index (χ0n) is 26.2. The second-order valence-corrected chi connectivity index (χ2v) is 13.7. The third-order valence-corrected chi connectivity index (χ3v) is 10.4. The van der Waals surface area contributed by atoms with E-state index < -0.39 is 0 Å². The Morgan fingerprint density at radius 3 is 2.58 bits per heavy atom. The van der Waals surface area contributed by atoms with Crippen molar-refractivity contribution >= 4 is 22.5 Å². The molecule has 43 heavy (non-hydrogen) atoms. The lowest BCUT2D eigenvalue weighted by Gasteiger charge is -2.61. The van der Waals surface area contributed by atoms with Crippen molar-refractivity contribution in [2.24, 2.45) is 28.2 Å². The van der Waals surface area contributed by atoms with Crippen LogP contribution in [0.2, 0.25) is 0 Å². The minimum Gasteiger partial charge on any atom is -0.497 e. The van der Waals surface area contributed by atoms with Gasteiger partial charge in [-0.25, -0.2) is 14.4 Å². The summed E-state index contributed by atoms with van der Waals surface area (Å²) in [4.78, 5) is 25.7. The van der Waals surface area contributed by atoms with Gasteiger partial charge in [-0.3, -0.25) is 9.36 Å². The number of anilines is 1. The van der Waals surface area contributed by atoms with Gasteiger partial charge in [0.1, 0.15) is 11.6 Å². The Balaban J connectivity index is 1.23. The number of rotatable bonds is 6. The molecule has 0 radical (unpaired) electrons. The van der Waals surface area contributed by atoms with Crippen molar-refractivity contribution in [3.8, 4) is 5.75 Å². The number of halogens is 1. The largest absolute Gasteiger partial charge is 0.497 e. The van der Waals surface area contributed by atoms with Crippen LogP contribution in [-0.2, 0) is 13.0 Å². The number of nitrogens with zero attached hydrogens (tertiary/aromatic N) is 4. The van der Waals surface area contributed by atoms with Crippen LogP contribution in [-0.4, -0.2) is 58.7 Å². The second-order valence-electron chi connectivity index (χ2n) is 13.7. The molecule has 8 nitrogen and oxygen atoms in total. The first kappa shape index (κ1) is 29.6. The van der Waals surface area contributed by atoms with Crippen LogP contribution in [0, 0.1) is 29.0 Å². The smallest absolute Gasteiger partial charge is 0.261 e. The average molecular weight is 589 g/mol. The molecule has 1 saturated heterocycles. The van der Waals surface area contributed by atoms with Gasteiger partial charge in [-0.05, 0) is 86.1 Å². The molecule has 2 heterocycles. The number of fused-ring (bicyclic) bond motifs is 3. The van der Waals surface area contributed by atoms with Crippen molar-refractivity contribution in [3.05, 3.63) is 64.5 Å². The SMILES string of the molecule is COc1ccc(CCn2cnc3cc(N/C(=N/[C@@H]4C[C@H]5C[C@@H]([C@H]4C)C5(C)C)N4C[C@@H](C)N[C@@H](C)C4)ccc3c2=O)c(F)c1. The van der Waals surface area contributed by atoms with E-state index in [1.807, 2.05) is 18.2 Å². The molecule has 0 spiro atoms. The number of aliphatic imine (C=N–C) groups is 1. The van der Waals surface area contributed by atoms with E-state index in [1.165, 1.54) is 19.6 Å². The predicted octanol–water partition coefficient (Wildman–Crippen LogP) is 5.31. The zero-order chi connectivity index (χ0) is 30.5. The highest BCUT2D eigenvalue weighted by Crippen LogP contribution is 2.61. The van der Waals surface area contributed by atoms with Gasteiger partial charge >= 0.3 is 0 Å². The Hall–Kier alpha value is -3.46. The number of aryl methyl sites for hydroxylation is 2. The minimum atomic E-state index is -0.342. The molecule has 4 fully saturated rings. The average Bonchev–Trinajstić information content (AvgIpc) is 2.97. The summed E-state index contributed by atoms with van der Waals surface area (Å²) in [5.41, 5.74) is 2.30. The highest BCUT2D eigenvalue weighted by molar-refractivity contribution is 5.96. The summed E-state index contributed by atoms with van der Waals surface area (Å²) >= 11 is 0. The Bertz CT molecular complexity index is 1570. The number of benzene rings is 2. The Labute approximate surface area is 253 Å². The fourth-order valence-corrected chi connectivity index (χ4v) is 7.77. The van der Waals surface area contributed by atoms with E-state index >= 15 is 0 Å². The van der Waals surface area contributed by atoms with Crippen molar-refractivity contribution in [2.45, 2.75) is 78.6 Å². The summed E-state index contributed by atoms with van der Waals surface area (Å²) in [5.74, 6) is 3.03. The first-order valence-corrected chi connectivity index (χ1v) is 15.7.